The van der Waals surface area contributed by atoms with E-state index in [0.29, 0.717) is 23.9 Å². The van der Waals surface area contributed by atoms with Gasteiger partial charge in [0.15, 0.2) is 11.5 Å². The first-order valence-electron chi connectivity index (χ1n) is 8.67. The first kappa shape index (κ1) is 22.7. The highest BCUT2D eigenvalue weighted by atomic mass is 16.5. The molecule has 7 nitrogen and oxygen atoms in total. The minimum absolute atomic E-state index is 0.248. The Balaban J connectivity index is 0.000000416. The van der Waals surface area contributed by atoms with Gasteiger partial charge in [-0.3, -0.25) is 0 Å². The van der Waals surface area contributed by atoms with Crippen molar-refractivity contribution < 1.29 is 35.0 Å². The zero-order valence-corrected chi connectivity index (χ0v) is 15.9. The van der Waals surface area contributed by atoms with Gasteiger partial charge in [-0.15, -0.1) is 0 Å². The Morgan fingerprint density at radius 3 is 2.36 bits per heavy atom. The van der Waals surface area contributed by atoms with Crippen LogP contribution in [0.4, 0.5) is 0 Å². The van der Waals surface area contributed by atoms with Gasteiger partial charge in [0.2, 0.25) is 0 Å². The van der Waals surface area contributed by atoms with Gasteiger partial charge in [-0.25, -0.2) is 4.79 Å². The number of rotatable bonds is 8. The summed E-state index contributed by atoms with van der Waals surface area (Å²) < 4.78 is 5.12. The average molecular weight is 387 g/mol. The van der Waals surface area contributed by atoms with Gasteiger partial charge in [0.1, 0.15) is 6.54 Å². The topological polar surface area (TPSA) is 124 Å². The lowest BCUT2D eigenvalue weighted by molar-refractivity contribution is -0.701. The fraction of sp³-hybridized carbons (Fsp3) is 0.238. The second-order valence-electron chi connectivity index (χ2n) is 6.07. The Morgan fingerprint density at radius 1 is 1.14 bits per heavy atom. The Bertz CT molecular complexity index is 773. The maximum absolute atomic E-state index is 10.0. The van der Waals surface area contributed by atoms with Crippen molar-refractivity contribution in [1.82, 2.24) is 0 Å². The van der Waals surface area contributed by atoms with Crippen molar-refractivity contribution in [3.8, 4) is 11.5 Å². The molecule has 0 aliphatic carbocycles. The summed E-state index contributed by atoms with van der Waals surface area (Å²) in [5, 5.41) is 29.5. The highest BCUT2D eigenvalue weighted by molar-refractivity contribution is 5.88. The summed E-state index contributed by atoms with van der Waals surface area (Å²) in [5.41, 5.74) is 2.25. The van der Waals surface area contributed by atoms with E-state index in [2.05, 4.69) is 36.5 Å². The average Bonchev–Trinajstić information content (AvgIpc) is 2.67. The number of quaternary nitrogens is 1. The van der Waals surface area contributed by atoms with E-state index in [0.717, 1.165) is 18.5 Å². The predicted octanol–water partition coefficient (Wildman–Crippen LogP) is 0.473. The number of phenolic OH excluding ortho intramolecular Hbond substituents is 1. The number of methoxy groups -OCH3 is 1. The van der Waals surface area contributed by atoms with Crippen LogP contribution >= 0.6 is 0 Å². The Hall–Kier alpha value is -3.32. The molecule has 0 saturated carbocycles. The molecule has 7 heteroatoms. The quantitative estimate of drug-likeness (QED) is 0.566. The van der Waals surface area contributed by atoms with E-state index < -0.39 is 11.9 Å². The number of carboxylic acids is 2. The van der Waals surface area contributed by atoms with Gasteiger partial charge in [-0.2, -0.15) is 0 Å². The first-order chi connectivity index (χ1) is 13.3. The van der Waals surface area contributed by atoms with E-state index in [1.54, 1.807) is 13.2 Å². The fourth-order valence-electron chi connectivity index (χ4n) is 2.43. The van der Waals surface area contributed by atoms with Crippen molar-refractivity contribution in [1.29, 1.82) is 0 Å². The number of ether oxygens (including phenoxy) is 1. The molecule has 1 atom stereocenters. The maximum atomic E-state index is 10.0. The standard InChI is InChI=1S/C17H21NO2.C4H4O4/c1-13(11-14-7-4-3-5-8-14)18-12-15-9-6-10-16(20-2)17(15)19;5-3(6)1-2-4(7)8/h3-10,13,18-19H,11-12H2,1-2H3;1-2H,(H,5,6)(H,7,8)/b;2-1-. The van der Waals surface area contributed by atoms with Crippen molar-refractivity contribution >= 4 is 11.9 Å². The zero-order chi connectivity index (χ0) is 20.9. The van der Waals surface area contributed by atoms with Gasteiger partial charge < -0.3 is 30.2 Å². The van der Waals surface area contributed by atoms with Crippen molar-refractivity contribution in [2.45, 2.75) is 25.9 Å². The summed E-state index contributed by atoms with van der Waals surface area (Å²) in [6.45, 7) is 2.95. The number of hydrogen-bond acceptors (Lipinski definition) is 5. The van der Waals surface area contributed by atoms with Crippen LogP contribution in [-0.4, -0.2) is 35.3 Å². The molecule has 0 heterocycles. The molecule has 0 aromatic heterocycles. The van der Waals surface area contributed by atoms with Crippen molar-refractivity contribution in [2.75, 3.05) is 7.11 Å². The van der Waals surface area contributed by atoms with Gasteiger partial charge >= 0.3 is 5.97 Å². The molecule has 150 valence electrons. The van der Waals surface area contributed by atoms with E-state index in [9.17, 15) is 19.8 Å². The number of para-hydroxylation sites is 1. The number of carbonyl (C=O) groups is 2. The molecule has 0 aliphatic heterocycles. The minimum atomic E-state index is -1.51. The van der Waals surface area contributed by atoms with E-state index >= 15 is 0 Å². The normalized spacial score (nSPS) is 11.4. The second kappa shape index (κ2) is 12.1. The number of benzene rings is 2. The summed E-state index contributed by atoms with van der Waals surface area (Å²) in [6, 6.07) is 16.5. The SMILES string of the molecule is COc1cccc(C[NH2+]C(C)Cc2ccccc2)c1O.O=C([O-])/C=C\C(=O)O. The van der Waals surface area contributed by atoms with Crippen LogP contribution < -0.4 is 15.2 Å². The van der Waals surface area contributed by atoms with Crippen molar-refractivity contribution in [3.05, 3.63) is 71.8 Å². The third-order valence-electron chi connectivity index (χ3n) is 3.81. The third kappa shape index (κ3) is 8.86. The molecular formula is C21H25NO6. The third-order valence-corrected chi connectivity index (χ3v) is 3.81. The lowest BCUT2D eigenvalue weighted by Gasteiger charge is -2.12. The number of phenols is 1. The van der Waals surface area contributed by atoms with Crippen LogP contribution in [0.15, 0.2) is 60.7 Å². The zero-order valence-electron chi connectivity index (χ0n) is 15.9. The lowest BCUT2D eigenvalue weighted by Crippen LogP contribution is -2.88. The molecule has 2 aromatic carbocycles. The summed E-state index contributed by atoms with van der Waals surface area (Å²) in [7, 11) is 1.57. The molecule has 0 fully saturated rings. The maximum Gasteiger partial charge on any atom is 0.328 e. The molecule has 4 N–H and O–H groups in total. The number of carbonyl (C=O) groups excluding carboxylic acids is 1. The van der Waals surface area contributed by atoms with Gasteiger partial charge in [0, 0.05) is 12.5 Å². The summed E-state index contributed by atoms with van der Waals surface area (Å²) >= 11 is 0. The Morgan fingerprint density at radius 2 is 1.82 bits per heavy atom. The van der Waals surface area contributed by atoms with Crippen molar-refractivity contribution in [3.63, 3.8) is 0 Å². The van der Waals surface area contributed by atoms with Crippen LogP contribution in [0.25, 0.3) is 0 Å². The molecular weight excluding hydrogens is 362 g/mol. The number of aliphatic carboxylic acids is 2. The van der Waals surface area contributed by atoms with Crippen LogP contribution in [0.1, 0.15) is 18.1 Å². The van der Waals surface area contributed by atoms with E-state index in [1.807, 2.05) is 18.2 Å². The lowest BCUT2D eigenvalue weighted by atomic mass is 10.1. The monoisotopic (exact) mass is 387 g/mol. The predicted molar refractivity (Wildman–Crippen MR) is 102 cm³/mol. The molecule has 0 spiro atoms. The fourth-order valence-corrected chi connectivity index (χ4v) is 2.43. The number of hydrogen-bond donors (Lipinski definition) is 3. The molecule has 0 amide bonds. The second-order valence-corrected chi connectivity index (χ2v) is 6.07. The molecule has 2 aromatic rings. The van der Waals surface area contributed by atoms with Gasteiger partial charge in [0.05, 0.1) is 24.7 Å². The van der Waals surface area contributed by atoms with E-state index in [4.69, 9.17) is 9.84 Å². The van der Waals surface area contributed by atoms with E-state index in [-0.39, 0.29) is 5.75 Å². The molecule has 0 aliphatic rings. The number of carboxylic acid groups (broad SMARTS) is 2. The summed E-state index contributed by atoms with van der Waals surface area (Å²) in [6.07, 6.45) is 1.96. The number of nitrogens with two attached hydrogens (primary N) is 1. The van der Waals surface area contributed by atoms with Crippen LogP contribution in [0.2, 0.25) is 0 Å². The largest absolute Gasteiger partial charge is 0.545 e. The van der Waals surface area contributed by atoms with Crippen LogP contribution in [0.5, 0.6) is 11.5 Å². The Kier molecular flexibility index (Phi) is 9.85. The Labute approximate surface area is 163 Å². The minimum Gasteiger partial charge on any atom is -0.545 e. The van der Waals surface area contributed by atoms with Crippen LogP contribution in [0, 0.1) is 0 Å². The van der Waals surface area contributed by atoms with Gasteiger partial charge in [-0.05, 0) is 30.7 Å². The van der Waals surface area contributed by atoms with Crippen LogP contribution in [-0.2, 0) is 22.6 Å². The molecule has 1 unspecified atom stereocenters. The highest BCUT2D eigenvalue weighted by Crippen LogP contribution is 2.28. The van der Waals surface area contributed by atoms with Gasteiger partial charge in [-0.1, -0.05) is 36.4 Å². The first-order valence-corrected chi connectivity index (χ1v) is 8.67. The number of aromatic hydroxyl groups is 1. The molecule has 28 heavy (non-hydrogen) atoms. The smallest absolute Gasteiger partial charge is 0.328 e. The van der Waals surface area contributed by atoms with E-state index in [1.165, 1.54) is 5.56 Å². The van der Waals surface area contributed by atoms with Crippen molar-refractivity contribution in [2.24, 2.45) is 0 Å². The van der Waals surface area contributed by atoms with Crippen LogP contribution in [0.3, 0.4) is 0 Å². The van der Waals surface area contributed by atoms with Gasteiger partial charge in [0.25, 0.3) is 0 Å². The summed E-state index contributed by atoms with van der Waals surface area (Å²) in [4.78, 5) is 19.0. The summed E-state index contributed by atoms with van der Waals surface area (Å²) in [5.74, 6) is -2.02. The molecule has 0 saturated heterocycles. The highest BCUT2D eigenvalue weighted by Gasteiger charge is 2.11. The molecule has 2 rings (SSSR count). The molecule has 0 bridgehead atoms. The molecule has 0 radical (unpaired) electrons.